The summed E-state index contributed by atoms with van der Waals surface area (Å²) < 4.78 is 11.8. The van der Waals surface area contributed by atoms with E-state index >= 15 is 0 Å². The van der Waals surface area contributed by atoms with E-state index in [0.29, 0.717) is 28.2 Å². The van der Waals surface area contributed by atoms with Gasteiger partial charge in [-0.05, 0) is 52.8 Å². The van der Waals surface area contributed by atoms with Crippen molar-refractivity contribution in [1.82, 2.24) is 0 Å². The molecule has 0 saturated carbocycles. The van der Waals surface area contributed by atoms with Crippen LogP contribution in [0.5, 0.6) is 11.5 Å². The lowest BCUT2D eigenvalue weighted by molar-refractivity contribution is 0.134. The SMILES string of the molecule is Cc1cc(=O)c2c(O)c(C=CC(C)(C)O)c3c(c2o1)C=CC(C)(C)O3. The monoisotopic (exact) mass is 342 g/mol. The maximum atomic E-state index is 12.4. The van der Waals surface area contributed by atoms with Gasteiger partial charge in [-0.1, -0.05) is 6.08 Å². The minimum absolute atomic E-state index is 0.104. The minimum Gasteiger partial charge on any atom is -0.506 e. The minimum atomic E-state index is -1.08. The normalized spacial score (nSPS) is 16.2. The first-order chi connectivity index (χ1) is 11.5. The van der Waals surface area contributed by atoms with Crippen LogP contribution in [0.1, 0.15) is 44.6 Å². The second-order valence-corrected chi connectivity index (χ2v) is 7.46. The lowest BCUT2D eigenvalue weighted by Crippen LogP contribution is -2.28. The van der Waals surface area contributed by atoms with E-state index in [4.69, 9.17) is 9.15 Å². The molecule has 2 N–H and O–H groups in total. The quantitative estimate of drug-likeness (QED) is 0.868. The molecule has 0 atom stereocenters. The number of benzene rings is 1. The molecule has 0 amide bonds. The highest BCUT2D eigenvalue weighted by Crippen LogP contribution is 2.44. The molecule has 132 valence electrons. The van der Waals surface area contributed by atoms with E-state index in [1.165, 1.54) is 6.07 Å². The van der Waals surface area contributed by atoms with Gasteiger partial charge in [-0.15, -0.1) is 0 Å². The Labute approximate surface area is 145 Å². The topological polar surface area (TPSA) is 79.9 Å². The molecule has 5 heteroatoms. The highest BCUT2D eigenvalue weighted by Gasteiger charge is 2.29. The van der Waals surface area contributed by atoms with Crippen molar-refractivity contribution in [3.05, 3.63) is 45.3 Å². The van der Waals surface area contributed by atoms with E-state index in [1.54, 1.807) is 32.9 Å². The highest BCUT2D eigenvalue weighted by atomic mass is 16.5. The molecule has 0 aliphatic carbocycles. The van der Waals surface area contributed by atoms with Gasteiger partial charge in [0.1, 0.15) is 28.2 Å². The predicted molar refractivity (Wildman–Crippen MR) is 98.0 cm³/mol. The molecule has 0 unspecified atom stereocenters. The zero-order valence-electron chi connectivity index (χ0n) is 15.0. The number of ether oxygens (including phenoxy) is 1. The van der Waals surface area contributed by atoms with Crippen molar-refractivity contribution in [2.75, 3.05) is 0 Å². The molecule has 0 spiro atoms. The molecule has 0 radical (unpaired) electrons. The van der Waals surface area contributed by atoms with Gasteiger partial charge in [0.05, 0.1) is 16.7 Å². The Bertz CT molecular complexity index is 968. The van der Waals surface area contributed by atoms with Crippen molar-refractivity contribution >= 4 is 23.1 Å². The average molecular weight is 342 g/mol. The maximum Gasteiger partial charge on any atom is 0.196 e. The van der Waals surface area contributed by atoms with Gasteiger partial charge in [0, 0.05) is 6.07 Å². The number of hydrogen-bond donors (Lipinski definition) is 2. The number of aliphatic hydroxyl groups is 1. The van der Waals surface area contributed by atoms with E-state index in [0.717, 1.165) is 0 Å². The summed E-state index contributed by atoms with van der Waals surface area (Å²) in [7, 11) is 0. The lowest BCUT2D eigenvalue weighted by Gasteiger charge is -2.30. The van der Waals surface area contributed by atoms with E-state index < -0.39 is 11.2 Å². The van der Waals surface area contributed by atoms with E-state index in [-0.39, 0.29) is 16.6 Å². The molecule has 1 aromatic carbocycles. The van der Waals surface area contributed by atoms with Crippen LogP contribution in [0.3, 0.4) is 0 Å². The van der Waals surface area contributed by atoms with Crippen molar-refractivity contribution in [3.63, 3.8) is 0 Å². The van der Waals surface area contributed by atoms with Crippen LogP contribution in [0.2, 0.25) is 0 Å². The second kappa shape index (κ2) is 5.49. The summed E-state index contributed by atoms with van der Waals surface area (Å²) in [5, 5.41) is 20.8. The summed E-state index contributed by atoms with van der Waals surface area (Å²) in [5.74, 6) is 0.665. The molecule has 1 aromatic heterocycles. The summed E-state index contributed by atoms with van der Waals surface area (Å²) in [6.45, 7) is 8.71. The first-order valence-electron chi connectivity index (χ1n) is 8.12. The molecule has 1 aliphatic heterocycles. The van der Waals surface area contributed by atoms with Gasteiger partial charge >= 0.3 is 0 Å². The third-order valence-electron chi connectivity index (χ3n) is 3.97. The molecule has 0 bridgehead atoms. The van der Waals surface area contributed by atoms with Gasteiger partial charge in [0.25, 0.3) is 0 Å². The molecule has 0 fully saturated rings. The second-order valence-electron chi connectivity index (χ2n) is 7.46. The van der Waals surface area contributed by atoms with Crippen LogP contribution in [-0.2, 0) is 0 Å². The fourth-order valence-electron chi connectivity index (χ4n) is 2.80. The van der Waals surface area contributed by atoms with Crippen LogP contribution in [-0.4, -0.2) is 21.4 Å². The van der Waals surface area contributed by atoms with Crippen LogP contribution in [0.15, 0.2) is 27.4 Å². The lowest BCUT2D eigenvalue weighted by atomic mass is 9.95. The summed E-state index contributed by atoms with van der Waals surface area (Å²) >= 11 is 0. The molecule has 1 aliphatic rings. The van der Waals surface area contributed by atoms with Crippen LogP contribution in [0.4, 0.5) is 0 Å². The van der Waals surface area contributed by atoms with Crippen molar-refractivity contribution in [1.29, 1.82) is 0 Å². The Balaban J connectivity index is 2.44. The zero-order valence-corrected chi connectivity index (χ0v) is 15.0. The molecule has 3 rings (SSSR count). The number of rotatable bonds is 2. The van der Waals surface area contributed by atoms with E-state index in [2.05, 4.69) is 0 Å². The molecule has 25 heavy (non-hydrogen) atoms. The summed E-state index contributed by atoms with van der Waals surface area (Å²) in [4.78, 5) is 12.4. The first-order valence-corrected chi connectivity index (χ1v) is 8.12. The molecule has 5 nitrogen and oxygen atoms in total. The average Bonchev–Trinajstić information content (AvgIpc) is 2.43. The Morgan fingerprint density at radius 1 is 1.28 bits per heavy atom. The number of aromatic hydroxyl groups is 1. The van der Waals surface area contributed by atoms with Crippen molar-refractivity contribution in [2.45, 2.75) is 45.8 Å². The molecule has 2 aromatic rings. The van der Waals surface area contributed by atoms with Gasteiger partial charge in [-0.3, -0.25) is 4.79 Å². The van der Waals surface area contributed by atoms with Gasteiger partial charge < -0.3 is 19.4 Å². The first kappa shape index (κ1) is 17.3. The van der Waals surface area contributed by atoms with Gasteiger partial charge in [0.15, 0.2) is 11.0 Å². The Morgan fingerprint density at radius 3 is 2.60 bits per heavy atom. The summed E-state index contributed by atoms with van der Waals surface area (Å²) in [5.41, 5.74) is -0.734. The van der Waals surface area contributed by atoms with Crippen LogP contribution < -0.4 is 10.2 Å². The highest BCUT2D eigenvalue weighted by molar-refractivity contribution is 5.98. The Kier molecular flexibility index (Phi) is 3.80. The number of phenols is 1. The third-order valence-corrected chi connectivity index (χ3v) is 3.97. The van der Waals surface area contributed by atoms with Crippen LogP contribution >= 0.6 is 0 Å². The maximum absolute atomic E-state index is 12.4. The third kappa shape index (κ3) is 3.20. The summed E-state index contributed by atoms with van der Waals surface area (Å²) in [6.07, 6.45) is 6.82. The fraction of sp³-hybridized carbons (Fsp3) is 0.350. The van der Waals surface area contributed by atoms with Gasteiger partial charge in [0.2, 0.25) is 0 Å². The number of aryl methyl sites for hydroxylation is 1. The zero-order chi connectivity index (χ0) is 18.6. The van der Waals surface area contributed by atoms with Gasteiger partial charge in [-0.25, -0.2) is 0 Å². The van der Waals surface area contributed by atoms with Crippen molar-refractivity contribution in [2.24, 2.45) is 0 Å². The molecule has 2 heterocycles. The van der Waals surface area contributed by atoms with E-state index in [9.17, 15) is 15.0 Å². The number of fused-ring (bicyclic) bond motifs is 3. The van der Waals surface area contributed by atoms with E-state index in [1.807, 2.05) is 26.0 Å². The molecular formula is C20H22O5. The smallest absolute Gasteiger partial charge is 0.196 e. The van der Waals surface area contributed by atoms with Gasteiger partial charge in [-0.2, -0.15) is 0 Å². The standard InChI is InChI=1S/C20H22O5/c1-11-10-14(21)15-16(22)12(6-8-19(2,3)23)17-13(18(15)24-11)7-9-20(4,5)25-17/h6-10,22-23H,1-5H3. The Hall–Kier alpha value is -2.53. The van der Waals surface area contributed by atoms with Crippen molar-refractivity contribution in [3.8, 4) is 11.5 Å². The van der Waals surface area contributed by atoms with Crippen molar-refractivity contribution < 1.29 is 19.4 Å². The number of hydrogen-bond acceptors (Lipinski definition) is 5. The Morgan fingerprint density at radius 2 is 1.96 bits per heavy atom. The predicted octanol–water partition coefficient (Wildman–Crippen LogP) is 3.78. The fourth-order valence-corrected chi connectivity index (χ4v) is 2.80. The molecule has 0 saturated heterocycles. The largest absolute Gasteiger partial charge is 0.506 e. The summed E-state index contributed by atoms with van der Waals surface area (Å²) in [6, 6.07) is 1.34. The molecular weight excluding hydrogens is 320 g/mol. The number of phenolic OH excluding ortho intramolecular Hbond substituents is 1. The van der Waals surface area contributed by atoms with Crippen LogP contribution in [0.25, 0.3) is 23.1 Å². The van der Waals surface area contributed by atoms with Crippen LogP contribution in [0, 0.1) is 6.92 Å².